The fourth-order valence-electron chi connectivity index (χ4n) is 2.43. The van der Waals surface area contributed by atoms with E-state index in [0.29, 0.717) is 5.11 Å². The van der Waals surface area contributed by atoms with Crippen LogP contribution in [-0.4, -0.2) is 68.8 Å². The van der Waals surface area contributed by atoms with Gasteiger partial charge in [-0.2, -0.15) is 5.10 Å². The van der Waals surface area contributed by atoms with Gasteiger partial charge in [-0.05, 0) is 26.1 Å². The topological polar surface area (TPSA) is 66.2 Å². The molecule has 1 aliphatic heterocycles. The molecule has 2 rings (SSSR count). The van der Waals surface area contributed by atoms with Gasteiger partial charge in [-0.25, -0.2) is 4.98 Å². The second kappa shape index (κ2) is 10.5. The minimum Gasteiger partial charge on any atom is -0.370 e. The van der Waals surface area contributed by atoms with E-state index in [0.717, 1.165) is 62.5 Å². The smallest absolute Gasteiger partial charge is 0.187 e. The zero-order valence-corrected chi connectivity index (χ0v) is 16.0. The van der Waals surface area contributed by atoms with Crippen molar-refractivity contribution in [1.29, 1.82) is 0 Å². The Morgan fingerprint density at radius 3 is 2.92 bits per heavy atom. The molecule has 3 N–H and O–H groups in total. The Morgan fingerprint density at radius 2 is 2.21 bits per heavy atom. The van der Waals surface area contributed by atoms with E-state index >= 15 is 0 Å². The quantitative estimate of drug-likeness (QED) is 0.331. The Labute approximate surface area is 153 Å². The monoisotopic (exact) mass is 371 g/mol. The predicted molar refractivity (Wildman–Crippen MR) is 103 cm³/mol. The lowest BCUT2D eigenvalue weighted by Gasteiger charge is -2.23. The van der Waals surface area contributed by atoms with Crippen LogP contribution in [0, 0.1) is 0 Å². The minimum atomic E-state index is 0.549. The van der Waals surface area contributed by atoms with Crippen molar-refractivity contribution >= 4 is 40.0 Å². The molecule has 0 unspecified atom stereocenters. The van der Waals surface area contributed by atoms with Crippen molar-refractivity contribution in [2.75, 3.05) is 57.4 Å². The lowest BCUT2D eigenvalue weighted by Crippen LogP contribution is -3.14. The van der Waals surface area contributed by atoms with Gasteiger partial charge in [0, 0.05) is 19.3 Å². The molecule has 0 amide bonds. The van der Waals surface area contributed by atoms with E-state index < -0.39 is 0 Å². The molecule has 1 saturated heterocycles. The maximum atomic E-state index is 5.35. The molecule has 0 atom stereocenters. The number of morpholine rings is 1. The van der Waals surface area contributed by atoms with Crippen molar-refractivity contribution in [1.82, 2.24) is 15.7 Å². The number of hydrogen-bond donors (Lipinski definition) is 3. The summed E-state index contributed by atoms with van der Waals surface area (Å²) in [5, 5.41) is 8.93. The van der Waals surface area contributed by atoms with Crippen LogP contribution in [0.25, 0.3) is 0 Å². The highest BCUT2D eigenvalue weighted by molar-refractivity contribution is 7.80. The van der Waals surface area contributed by atoms with Gasteiger partial charge in [0.1, 0.15) is 13.1 Å². The molecule has 134 valence electrons. The van der Waals surface area contributed by atoms with Gasteiger partial charge in [0.2, 0.25) is 0 Å². The summed E-state index contributed by atoms with van der Waals surface area (Å²) in [5.74, 6) is 0. The van der Waals surface area contributed by atoms with Gasteiger partial charge in [-0.1, -0.05) is 11.3 Å². The molecule has 1 aliphatic rings. The van der Waals surface area contributed by atoms with Crippen molar-refractivity contribution < 1.29 is 9.64 Å². The third-order valence-corrected chi connectivity index (χ3v) is 5.10. The lowest BCUT2D eigenvalue weighted by molar-refractivity contribution is -0.906. The Hall–Kier alpha value is -1.29. The first-order chi connectivity index (χ1) is 11.7. The van der Waals surface area contributed by atoms with Crippen molar-refractivity contribution in [3.05, 3.63) is 11.1 Å². The van der Waals surface area contributed by atoms with Crippen molar-refractivity contribution in [3.63, 3.8) is 0 Å². The van der Waals surface area contributed by atoms with Crippen LogP contribution < -0.4 is 20.5 Å². The Kier molecular flexibility index (Phi) is 8.37. The molecule has 7 nitrogen and oxygen atoms in total. The first kappa shape index (κ1) is 19.0. The molecule has 2 heterocycles. The standard InChI is InChI=1S/C15H26N6OS2/c1-3-21(4-2)15-17-11-13(24-15)12-18-19-14(23)16-5-6-20-7-9-22-10-8-20/h11-12H,3-10H2,1-2H3,(H2,16,19,23)/p+1/b18-12-. The summed E-state index contributed by atoms with van der Waals surface area (Å²) < 4.78 is 5.35. The van der Waals surface area contributed by atoms with Gasteiger partial charge in [0.25, 0.3) is 0 Å². The number of rotatable bonds is 8. The summed E-state index contributed by atoms with van der Waals surface area (Å²) in [4.78, 5) is 9.19. The average Bonchev–Trinajstić information content (AvgIpc) is 3.06. The number of hydrogen-bond acceptors (Lipinski definition) is 6. The summed E-state index contributed by atoms with van der Waals surface area (Å²) in [5.41, 5.74) is 2.86. The number of hydrazone groups is 1. The van der Waals surface area contributed by atoms with Gasteiger partial charge in [-0.15, -0.1) is 0 Å². The van der Waals surface area contributed by atoms with Crippen LogP contribution in [0.1, 0.15) is 18.7 Å². The highest BCUT2D eigenvalue weighted by Crippen LogP contribution is 2.20. The average molecular weight is 372 g/mol. The SMILES string of the molecule is CCN(CC)c1ncc(/C=N\NC(=S)NCC[NH+]2CCOCC2)s1. The molecule has 24 heavy (non-hydrogen) atoms. The van der Waals surface area contributed by atoms with E-state index in [9.17, 15) is 0 Å². The van der Waals surface area contributed by atoms with Crippen molar-refractivity contribution in [3.8, 4) is 0 Å². The summed E-state index contributed by atoms with van der Waals surface area (Å²) in [6.07, 6.45) is 3.59. The summed E-state index contributed by atoms with van der Waals surface area (Å²) in [7, 11) is 0. The number of nitrogens with zero attached hydrogens (tertiary/aromatic N) is 3. The summed E-state index contributed by atoms with van der Waals surface area (Å²) in [6, 6.07) is 0. The fraction of sp³-hybridized carbons (Fsp3) is 0.667. The molecular weight excluding hydrogens is 344 g/mol. The molecule has 1 fully saturated rings. The Morgan fingerprint density at radius 1 is 1.46 bits per heavy atom. The maximum Gasteiger partial charge on any atom is 0.187 e. The van der Waals surface area contributed by atoms with E-state index in [4.69, 9.17) is 17.0 Å². The number of thiazole rings is 1. The third kappa shape index (κ3) is 6.31. The number of quaternary nitrogens is 1. The molecule has 0 bridgehead atoms. The zero-order chi connectivity index (χ0) is 17.2. The van der Waals surface area contributed by atoms with Crippen LogP contribution in [0.4, 0.5) is 5.13 Å². The molecule has 1 aromatic rings. The molecule has 0 aliphatic carbocycles. The van der Waals surface area contributed by atoms with Crippen LogP contribution in [0.5, 0.6) is 0 Å². The van der Waals surface area contributed by atoms with Crippen LogP contribution in [0.2, 0.25) is 0 Å². The van der Waals surface area contributed by atoms with Crippen molar-refractivity contribution in [2.24, 2.45) is 5.10 Å². The number of ether oxygens (including phenoxy) is 1. The zero-order valence-electron chi connectivity index (χ0n) is 14.4. The molecular formula is C15H27N6OS2+. The summed E-state index contributed by atoms with van der Waals surface area (Å²) >= 11 is 6.86. The number of anilines is 1. The highest BCUT2D eigenvalue weighted by Gasteiger charge is 2.12. The van der Waals surface area contributed by atoms with Gasteiger partial charge in [0.05, 0.1) is 37.4 Å². The van der Waals surface area contributed by atoms with Crippen LogP contribution in [0.15, 0.2) is 11.3 Å². The molecule has 0 radical (unpaired) electrons. The molecule has 0 spiro atoms. The predicted octanol–water partition coefficient (Wildman–Crippen LogP) is -0.298. The minimum absolute atomic E-state index is 0.549. The lowest BCUT2D eigenvalue weighted by atomic mass is 10.4. The van der Waals surface area contributed by atoms with E-state index in [1.165, 1.54) is 0 Å². The Bertz CT molecular complexity index is 526. The van der Waals surface area contributed by atoms with Gasteiger partial charge in [-0.3, -0.25) is 5.43 Å². The second-order valence-corrected chi connectivity index (χ2v) is 6.90. The van der Waals surface area contributed by atoms with E-state index in [1.54, 1.807) is 22.5 Å². The van der Waals surface area contributed by atoms with Crippen molar-refractivity contribution in [2.45, 2.75) is 13.8 Å². The van der Waals surface area contributed by atoms with E-state index in [2.05, 4.69) is 39.6 Å². The molecule has 9 heteroatoms. The normalized spacial score (nSPS) is 15.6. The van der Waals surface area contributed by atoms with Gasteiger partial charge < -0.3 is 19.9 Å². The summed E-state index contributed by atoms with van der Waals surface area (Å²) in [6.45, 7) is 11.9. The van der Waals surface area contributed by atoms with Gasteiger partial charge in [0.15, 0.2) is 10.2 Å². The molecule has 1 aromatic heterocycles. The largest absolute Gasteiger partial charge is 0.370 e. The second-order valence-electron chi connectivity index (χ2n) is 5.46. The number of aromatic nitrogens is 1. The van der Waals surface area contributed by atoms with E-state index in [-0.39, 0.29) is 0 Å². The number of thiocarbonyl (C=S) groups is 1. The Balaban J connectivity index is 1.66. The maximum absolute atomic E-state index is 5.35. The first-order valence-electron chi connectivity index (χ1n) is 8.42. The van der Waals surface area contributed by atoms with Crippen LogP contribution >= 0.6 is 23.6 Å². The molecule has 0 aromatic carbocycles. The van der Waals surface area contributed by atoms with Crippen LogP contribution in [0.3, 0.4) is 0 Å². The number of nitrogens with one attached hydrogen (secondary N) is 3. The molecule has 0 saturated carbocycles. The van der Waals surface area contributed by atoms with Gasteiger partial charge >= 0.3 is 0 Å². The van der Waals surface area contributed by atoms with Crippen LogP contribution in [-0.2, 0) is 4.74 Å². The third-order valence-electron chi connectivity index (χ3n) is 3.87. The first-order valence-corrected chi connectivity index (χ1v) is 9.64. The fourth-order valence-corrected chi connectivity index (χ4v) is 3.50. The highest BCUT2D eigenvalue weighted by atomic mass is 32.1. The van der Waals surface area contributed by atoms with E-state index in [1.807, 2.05) is 6.20 Å².